The number of ether oxygens (including phenoxy) is 3. The molecule has 0 radical (unpaired) electrons. The van der Waals surface area contributed by atoms with Crippen molar-refractivity contribution in [3.05, 3.63) is 84.2 Å². The first-order valence-corrected chi connectivity index (χ1v) is 20.6. The SMILES string of the molecule is COC(=O)N[C@H](C(=O)N1CC=C[C@H]1C1=NC=C(c2ccc(-c3ccc(C4=CN=C([C@@H]5CN(C(=O)OC(C)(C)C)CN5C(=O)[C@@H](NC(=O)OC)C(C)C)C4)cc3)cc2)C1)C(C)C. The van der Waals surface area contributed by atoms with Crippen LogP contribution in [0.25, 0.3) is 22.3 Å². The van der Waals surface area contributed by atoms with E-state index < -0.39 is 42.0 Å². The van der Waals surface area contributed by atoms with Crippen LogP contribution in [-0.2, 0) is 23.8 Å². The van der Waals surface area contributed by atoms with Gasteiger partial charge in [0.15, 0.2) is 0 Å². The summed E-state index contributed by atoms with van der Waals surface area (Å²) in [6, 6.07) is 14.2. The third kappa shape index (κ3) is 10.2. The van der Waals surface area contributed by atoms with Crippen LogP contribution in [0.2, 0.25) is 0 Å². The summed E-state index contributed by atoms with van der Waals surface area (Å²) < 4.78 is 15.2. The minimum Gasteiger partial charge on any atom is -0.453 e. The molecule has 2 aromatic carbocycles. The number of carbonyl (C=O) groups excluding carboxylic acids is 5. The Balaban J connectivity index is 1.09. The van der Waals surface area contributed by atoms with Crippen LogP contribution in [0.15, 0.2) is 83.1 Å². The second-order valence-electron chi connectivity index (χ2n) is 17.3. The van der Waals surface area contributed by atoms with Crippen LogP contribution in [0.5, 0.6) is 0 Å². The molecule has 0 unspecified atom stereocenters. The molecule has 324 valence electrons. The maximum absolute atomic E-state index is 14.0. The summed E-state index contributed by atoms with van der Waals surface area (Å²) in [5, 5.41) is 5.34. The Morgan fingerprint density at radius 2 is 1.15 bits per heavy atom. The van der Waals surface area contributed by atoms with Crippen LogP contribution >= 0.6 is 0 Å². The molecule has 0 spiro atoms. The van der Waals surface area contributed by atoms with Gasteiger partial charge in [-0.3, -0.25) is 24.5 Å². The quantitative estimate of drug-likeness (QED) is 0.187. The topological polar surface area (TPSA) is 172 Å². The smallest absolute Gasteiger partial charge is 0.411 e. The van der Waals surface area contributed by atoms with Crippen molar-refractivity contribution in [3.8, 4) is 11.1 Å². The molecule has 2 aromatic rings. The normalized spacial score (nSPS) is 19.6. The first kappa shape index (κ1) is 44.3. The third-order valence-corrected chi connectivity index (χ3v) is 11.1. The van der Waals surface area contributed by atoms with E-state index in [1.165, 1.54) is 19.1 Å². The van der Waals surface area contributed by atoms with Gasteiger partial charge in [-0.15, -0.1) is 0 Å². The molecule has 2 N–H and O–H groups in total. The Bertz CT molecular complexity index is 2170. The summed E-state index contributed by atoms with van der Waals surface area (Å²) in [6.07, 6.45) is 6.82. The molecule has 4 aliphatic rings. The number of hydrogen-bond acceptors (Lipinski definition) is 10. The van der Waals surface area contributed by atoms with Crippen molar-refractivity contribution in [3.63, 3.8) is 0 Å². The van der Waals surface area contributed by atoms with Crippen molar-refractivity contribution >= 4 is 52.7 Å². The van der Waals surface area contributed by atoms with Crippen LogP contribution in [0.1, 0.15) is 72.4 Å². The number of carbonyl (C=O) groups is 5. The number of hydrogen-bond donors (Lipinski definition) is 2. The molecule has 0 aliphatic carbocycles. The first-order valence-electron chi connectivity index (χ1n) is 20.6. The van der Waals surface area contributed by atoms with Gasteiger partial charge in [-0.2, -0.15) is 0 Å². The van der Waals surface area contributed by atoms with Gasteiger partial charge in [0.05, 0.1) is 39.5 Å². The van der Waals surface area contributed by atoms with Crippen molar-refractivity contribution in [2.45, 2.75) is 91.1 Å². The highest BCUT2D eigenvalue weighted by atomic mass is 16.6. The minimum absolute atomic E-state index is 0.00817. The van der Waals surface area contributed by atoms with Crippen molar-refractivity contribution < 1.29 is 38.2 Å². The van der Waals surface area contributed by atoms with Gasteiger partial charge in [-0.25, -0.2) is 14.4 Å². The second kappa shape index (κ2) is 18.6. The van der Waals surface area contributed by atoms with Crippen molar-refractivity contribution in [2.24, 2.45) is 21.8 Å². The van der Waals surface area contributed by atoms with Crippen molar-refractivity contribution in [2.75, 3.05) is 34.0 Å². The Kier molecular flexibility index (Phi) is 13.5. The van der Waals surface area contributed by atoms with Crippen LogP contribution in [0, 0.1) is 11.8 Å². The summed E-state index contributed by atoms with van der Waals surface area (Å²) in [7, 11) is 2.53. The number of alkyl carbamates (subject to hydrolysis) is 2. The van der Waals surface area contributed by atoms with Gasteiger partial charge in [0.2, 0.25) is 11.8 Å². The van der Waals surface area contributed by atoms with Crippen LogP contribution in [-0.4, -0.2) is 120 Å². The molecule has 4 atom stereocenters. The number of allylic oxidation sites excluding steroid dienone is 2. The van der Waals surface area contributed by atoms with E-state index >= 15 is 0 Å². The lowest BCUT2D eigenvalue weighted by Gasteiger charge is -2.31. The Morgan fingerprint density at radius 1 is 0.689 bits per heavy atom. The molecular formula is C46H57N7O8. The highest BCUT2D eigenvalue weighted by Crippen LogP contribution is 2.33. The van der Waals surface area contributed by atoms with E-state index in [0.29, 0.717) is 19.4 Å². The Hall–Kier alpha value is -6.25. The van der Waals surface area contributed by atoms with Gasteiger partial charge in [-0.1, -0.05) is 88.4 Å². The van der Waals surface area contributed by atoms with Gasteiger partial charge in [0.1, 0.15) is 17.7 Å². The molecule has 4 aliphatic heterocycles. The molecule has 1 fully saturated rings. The molecule has 15 nitrogen and oxygen atoms in total. The molecule has 0 aromatic heterocycles. The molecular weight excluding hydrogens is 779 g/mol. The number of rotatable bonds is 11. The minimum atomic E-state index is -0.871. The first-order chi connectivity index (χ1) is 29.0. The fraction of sp³-hybridized carbons (Fsp3) is 0.457. The standard InChI is InChI=1S/C46H57N7O8/c1-27(2)39(49-43(56)59-8)41(54)52-20-10-11-37(52)35-21-33(23-47-35)31-16-12-29(13-17-31)30-14-18-32(19-15-30)34-22-36(48-24-34)38-25-51(45(58)61-46(5,6)7)26-53(38)42(55)40(28(3)4)50-44(57)60-9/h10-19,23-24,27-28,37-40H,20-22,25-26H2,1-9H3,(H,49,56)(H,50,57)/t37-,38-,39-,40-/m0/s1. The summed E-state index contributed by atoms with van der Waals surface area (Å²) in [6.45, 7) is 13.5. The number of methoxy groups -OCH3 is 2. The van der Waals surface area contributed by atoms with E-state index in [2.05, 4.69) is 59.2 Å². The Labute approximate surface area is 357 Å². The highest BCUT2D eigenvalue weighted by Gasteiger charge is 2.44. The van der Waals surface area contributed by atoms with E-state index in [0.717, 1.165) is 44.8 Å². The lowest BCUT2D eigenvalue weighted by Crippen LogP contribution is -2.54. The average molecular weight is 836 g/mol. The third-order valence-electron chi connectivity index (χ3n) is 11.1. The molecule has 0 saturated carbocycles. The number of aliphatic imine (C=N–C) groups is 2. The molecule has 61 heavy (non-hydrogen) atoms. The highest BCUT2D eigenvalue weighted by molar-refractivity contribution is 6.06. The zero-order valence-corrected chi connectivity index (χ0v) is 36.4. The molecule has 1 saturated heterocycles. The van der Waals surface area contributed by atoms with Crippen molar-refractivity contribution in [1.82, 2.24) is 25.3 Å². The number of nitrogens with one attached hydrogen (secondary N) is 2. The Morgan fingerprint density at radius 3 is 1.62 bits per heavy atom. The lowest BCUT2D eigenvalue weighted by atomic mass is 9.95. The van der Waals surface area contributed by atoms with E-state index in [9.17, 15) is 24.0 Å². The predicted octanol–water partition coefficient (Wildman–Crippen LogP) is 6.66. The fourth-order valence-corrected chi connectivity index (χ4v) is 7.80. The van der Waals surface area contributed by atoms with Crippen molar-refractivity contribution in [1.29, 1.82) is 0 Å². The van der Waals surface area contributed by atoms with Gasteiger partial charge in [-0.05, 0) is 66.0 Å². The molecule has 15 heteroatoms. The maximum Gasteiger partial charge on any atom is 0.411 e. The fourth-order valence-electron chi connectivity index (χ4n) is 7.80. The van der Waals surface area contributed by atoms with E-state index in [4.69, 9.17) is 24.2 Å². The number of nitrogens with zero attached hydrogens (tertiary/aromatic N) is 5. The zero-order chi connectivity index (χ0) is 44.2. The van der Waals surface area contributed by atoms with Gasteiger partial charge < -0.3 is 34.6 Å². The van der Waals surface area contributed by atoms with E-state index in [1.54, 1.807) is 30.6 Å². The predicted molar refractivity (Wildman–Crippen MR) is 233 cm³/mol. The number of benzene rings is 2. The second-order valence-corrected chi connectivity index (χ2v) is 17.3. The zero-order valence-electron chi connectivity index (χ0n) is 36.4. The number of amides is 5. The largest absolute Gasteiger partial charge is 0.453 e. The monoisotopic (exact) mass is 835 g/mol. The van der Waals surface area contributed by atoms with Crippen LogP contribution in [0.4, 0.5) is 14.4 Å². The summed E-state index contributed by atoms with van der Waals surface area (Å²) in [4.78, 5) is 79.3. The van der Waals surface area contributed by atoms with E-state index in [-0.39, 0.29) is 42.9 Å². The average Bonchev–Trinajstić information content (AvgIpc) is 4.07. The molecule has 4 heterocycles. The summed E-state index contributed by atoms with van der Waals surface area (Å²) >= 11 is 0. The van der Waals surface area contributed by atoms with Gasteiger partial charge in [0, 0.05) is 43.2 Å². The molecule has 0 bridgehead atoms. The summed E-state index contributed by atoms with van der Waals surface area (Å²) in [5.41, 5.74) is 7.03. The maximum atomic E-state index is 14.0. The summed E-state index contributed by atoms with van der Waals surface area (Å²) in [5.74, 6) is -0.885. The van der Waals surface area contributed by atoms with Gasteiger partial charge >= 0.3 is 18.3 Å². The van der Waals surface area contributed by atoms with Crippen LogP contribution < -0.4 is 10.6 Å². The van der Waals surface area contributed by atoms with Crippen LogP contribution in [0.3, 0.4) is 0 Å². The molecule has 5 amide bonds. The molecule has 6 rings (SSSR count). The lowest BCUT2D eigenvalue weighted by molar-refractivity contribution is -0.135. The van der Waals surface area contributed by atoms with Gasteiger partial charge in [0.25, 0.3) is 0 Å². The van der Waals surface area contributed by atoms with E-state index in [1.807, 2.05) is 52.2 Å².